The summed E-state index contributed by atoms with van der Waals surface area (Å²) in [6, 6.07) is 6.87. The number of carbonyl (C=O) groups excluding carboxylic acids is 2. The molecule has 6 heteroatoms. The molecule has 0 fully saturated rings. The van der Waals surface area contributed by atoms with Gasteiger partial charge in [0.25, 0.3) is 11.5 Å². The lowest BCUT2D eigenvalue weighted by molar-refractivity contribution is 0.00681. The second kappa shape index (κ2) is 7.15. The molecule has 2 aromatic rings. The molecule has 2 N–H and O–H groups in total. The number of esters is 1. The van der Waals surface area contributed by atoms with Crippen molar-refractivity contribution in [1.82, 2.24) is 4.98 Å². The van der Waals surface area contributed by atoms with E-state index in [0.717, 1.165) is 11.1 Å². The Morgan fingerprint density at radius 2 is 1.54 bits per heavy atom. The molecule has 0 unspecified atom stereocenters. The maximum Gasteiger partial charge on any atom is 0.340 e. The van der Waals surface area contributed by atoms with Gasteiger partial charge in [-0.2, -0.15) is 0 Å². The topological polar surface area (TPSA) is 88.3 Å². The molecular formula is C20H24N2O4. The van der Waals surface area contributed by atoms with Gasteiger partial charge in [-0.15, -0.1) is 0 Å². The Morgan fingerprint density at radius 3 is 2.08 bits per heavy atom. The van der Waals surface area contributed by atoms with E-state index in [0.29, 0.717) is 11.4 Å². The Kier molecular flexibility index (Phi) is 5.35. The van der Waals surface area contributed by atoms with Crippen molar-refractivity contribution >= 4 is 17.6 Å². The van der Waals surface area contributed by atoms with Crippen LogP contribution in [0.15, 0.2) is 29.1 Å². The average molecular weight is 356 g/mol. The van der Waals surface area contributed by atoms with Gasteiger partial charge in [-0.05, 0) is 70.9 Å². The van der Waals surface area contributed by atoms with Crippen molar-refractivity contribution < 1.29 is 14.3 Å². The van der Waals surface area contributed by atoms with E-state index in [4.69, 9.17) is 4.74 Å². The van der Waals surface area contributed by atoms with Crippen LogP contribution in [0.4, 0.5) is 5.69 Å². The number of aryl methyl sites for hydroxylation is 3. The van der Waals surface area contributed by atoms with Gasteiger partial charge in [0.05, 0.1) is 5.56 Å². The fraction of sp³-hybridized carbons (Fsp3) is 0.350. The predicted molar refractivity (Wildman–Crippen MR) is 101 cm³/mol. The molecule has 1 heterocycles. The van der Waals surface area contributed by atoms with E-state index in [1.807, 2.05) is 32.0 Å². The number of nitrogens with one attached hydrogen (secondary N) is 2. The predicted octanol–water partition coefficient (Wildman–Crippen LogP) is 3.51. The molecule has 0 aliphatic carbocycles. The zero-order valence-electron chi connectivity index (χ0n) is 15.9. The summed E-state index contributed by atoms with van der Waals surface area (Å²) in [5.41, 5.74) is 1.71. The van der Waals surface area contributed by atoms with E-state index in [-0.39, 0.29) is 11.1 Å². The summed E-state index contributed by atoms with van der Waals surface area (Å²) < 4.78 is 5.34. The van der Waals surface area contributed by atoms with Crippen LogP contribution in [0.3, 0.4) is 0 Å². The Hall–Kier alpha value is -2.89. The third-order valence-electron chi connectivity index (χ3n) is 3.58. The summed E-state index contributed by atoms with van der Waals surface area (Å²) in [6.07, 6.45) is 0. The van der Waals surface area contributed by atoms with Gasteiger partial charge in [-0.25, -0.2) is 4.79 Å². The first-order valence-corrected chi connectivity index (χ1v) is 8.33. The van der Waals surface area contributed by atoms with Gasteiger partial charge in [-0.1, -0.05) is 6.07 Å². The fourth-order valence-corrected chi connectivity index (χ4v) is 2.58. The molecule has 0 atom stereocenters. The fourth-order valence-electron chi connectivity index (χ4n) is 2.58. The molecule has 0 saturated carbocycles. The lowest BCUT2D eigenvalue weighted by Gasteiger charge is -2.20. The summed E-state index contributed by atoms with van der Waals surface area (Å²) in [6.45, 7) is 10.7. The molecule has 0 aliphatic rings. The number of aromatic nitrogens is 1. The zero-order chi connectivity index (χ0) is 19.6. The molecule has 138 valence electrons. The molecule has 26 heavy (non-hydrogen) atoms. The smallest absolute Gasteiger partial charge is 0.340 e. The van der Waals surface area contributed by atoms with Crippen LogP contribution in [0.2, 0.25) is 0 Å². The normalized spacial score (nSPS) is 11.2. The molecule has 0 saturated heterocycles. The summed E-state index contributed by atoms with van der Waals surface area (Å²) in [7, 11) is 0. The van der Waals surface area contributed by atoms with Crippen molar-refractivity contribution in [2.75, 3.05) is 5.32 Å². The number of aromatic amines is 1. The van der Waals surface area contributed by atoms with Crippen LogP contribution in [0.5, 0.6) is 0 Å². The maximum atomic E-state index is 12.5. The maximum absolute atomic E-state index is 12.5. The Labute approximate surface area is 152 Å². The van der Waals surface area contributed by atoms with Gasteiger partial charge in [0.1, 0.15) is 11.2 Å². The van der Waals surface area contributed by atoms with E-state index in [2.05, 4.69) is 10.3 Å². The third-order valence-corrected chi connectivity index (χ3v) is 3.58. The van der Waals surface area contributed by atoms with E-state index in [1.165, 1.54) is 6.07 Å². The quantitative estimate of drug-likeness (QED) is 0.824. The van der Waals surface area contributed by atoms with E-state index < -0.39 is 23.0 Å². The van der Waals surface area contributed by atoms with Crippen molar-refractivity contribution in [3.05, 3.63) is 62.6 Å². The highest BCUT2D eigenvalue weighted by atomic mass is 16.6. The van der Waals surface area contributed by atoms with Gasteiger partial charge < -0.3 is 15.0 Å². The number of hydrogen-bond acceptors (Lipinski definition) is 4. The number of pyridine rings is 1. The van der Waals surface area contributed by atoms with Gasteiger partial charge >= 0.3 is 5.97 Å². The molecule has 0 radical (unpaired) electrons. The van der Waals surface area contributed by atoms with Crippen molar-refractivity contribution in [3.8, 4) is 0 Å². The highest BCUT2D eigenvalue weighted by Gasteiger charge is 2.22. The van der Waals surface area contributed by atoms with Crippen molar-refractivity contribution in [2.24, 2.45) is 0 Å². The first-order chi connectivity index (χ1) is 12.0. The molecule has 1 amide bonds. The lowest BCUT2D eigenvalue weighted by atomic mass is 10.1. The summed E-state index contributed by atoms with van der Waals surface area (Å²) in [4.78, 5) is 39.6. The number of hydrogen-bond donors (Lipinski definition) is 2. The Bertz CT molecular complexity index is 900. The van der Waals surface area contributed by atoms with Crippen molar-refractivity contribution in [1.29, 1.82) is 0 Å². The number of benzene rings is 1. The van der Waals surface area contributed by atoms with Gasteiger partial charge in [0.2, 0.25) is 0 Å². The minimum absolute atomic E-state index is 0.143. The van der Waals surface area contributed by atoms with E-state index >= 15 is 0 Å². The first kappa shape index (κ1) is 19.4. The molecule has 0 bridgehead atoms. The lowest BCUT2D eigenvalue weighted by Crippen LogP contribution is -2.28. The Balaban J connectivity index is 2.36. The Morgan fingerprint density at radius 1 is 0.962 bits per heavy atom. The standard InChI is InChI=1S/C20H24N2O4/c1-11-7-12(2)9-14(8-11)22-18(24)16-10-15(13(3)21-17(16)23)19(25)26-20(4,5)6/h7-10H,1-6H3,(H,21,23)(H,22,24). The largest absolute Gasteiger partial charge is 0.456 e. The van der Waals surface area contributed by atoms with Crippen LogP contribution in [0.1, 0.15) is 58.3 Å². The van der Waals surface area contributed by atoms with Crippen LogP contribution in [0.25, 0.3) is 0 Å². The second-order valence-corrected chi connectivity index (χ2v) is 7.38. The SMILES string of the molecule is Cc1cc(C)cc(NC(=O)c2cc(C(=O)OC(C)(C)C)c(C)[nH]c2=O)c1. The third kappa shape index (κ3) is 4.81. The van der Waals surface area contributed by atoms with Crippen molar-refractivity contribution in [3.63, 3.8) is 0 Å². The van der Waals surface area contributed by atoms with Crippen molar-refractivity contribution in [2.45, 2.75) is 47.1 Å². The van der Waals surface area contributed by atoms with Crippen LogP contribution in [-0.4, -0.2) is 22.5 Å². The number of carbonyl (C=O) groups is 2. The van der Waals surface area contributed by atoms with Gasteiger partial charge in [-0.3, -0.25) is 9.59 Å². The first-order valence-electron chi connectivity index (χ1n) is 8.33. The minimum Gasteiger partial charge on any atom is -0.456 e. The monoisotopic (exact) mass is 356 g/mol. The second-order valence-electron chi connectivity index (χ2n) is 7.38. The van der Waals surface area contributed by atoms with Crippen LogP contribution in [0, 0.1) is 20.8 Å². The number of anilines is 1. The van der Waals surface area contributed by atoms with Crippen LogP contribution < -0.4 is 10.9 Å². The minimum atomic E-state index is -0.679. The van der Waals surface area contributed by atoms with Crippen LogP contribution >= 0.6 is 0 Å². The molecule has 6 nitrogen and oxygen atoms in total. The molecular weight excluding hydrogens is 332 g/mol. The number of rotatable bonds is 3. The highest BCUT2D eigenvalue weighted by Crippen LogP contribution is 2.17. The molecule has 1 aromatic carbocycles. The molecule has 1 aromatic heterocycles. The van der Waals surface area contributed by atoms with Gasteiger partial charge in [0, 0.05) is 11.4 Å². The molecule has 0 aliphatic heterocycles. The van der Waals surface area contributed by atoms with Crippen LogP contribution in [-0.2, 0) is 4.74 Å². The zero-order valence-corrected chi connectivity index (χ0v) is 15.9. The molecule has 2 rings (SSSR count). The summed E-state index contributed by atoms with van der Waals surface area (Å²) >= 11 is 0. The molecule has 0 spiro atoms. The summed E-state index contributed by atoms with van der Waals surface area (Å²) in [5, 5.41) is 2.70. The number of H-pyrrole nitrogens is 1. The van der Waals surface area contributed by atoms with E-state index in [1.54, 1.807) is 27.7 Å². The van der Waals surface area contributed by atoms with E-state index in [9.17, 15) is 14.4 Å². The number of ether oxygens (including phenoxy) is 1. The average Bonchev–Trinajstić information content (AvgIpc) is 2.43. The summed E-state index contributed by atoms with van der Waals surface area (Å²) in [5.74, 6) is -1.17. The number of amides is 1. The van der Waals surface area contributed by atoms with Gasteiger partial charge in [0.15, 0.2) is 0 Å². The highest BCUT2D eigenvalue weighted by molar-refractivity contribution is 6.05.